The number of para-hydroxylation sites is 2. The van der Waals surface area contributed by atoms with Crippen molar-refractivity contribution in [2.24, 2.45) is 0 Å². The van der Waals surface area contributed by atoms with Crippen LogP contribution in [0.1, 0.15) is 81.4 Å². The number of hydrogen-bond acceptors (Lipinski definition) is 10. The highest BCUT2D eigenvalue weighted by Crippen LogP contribution is 2.34. The van der Waals surface area contributed by atoms with Gasteiger partial charge in [0.25, 0.3) is 10.1 Å². The minimum atomic E-state index is -4.06. The van der Waals surface area contributed by atoms with Gasteiger partial charge in [-0.05, 0) is 88.9 Å². The van der Waals surface area contributed by atoms with Gasteiger partial charge in [-0.1, -0.05) is 66.7 Å². The van der Waals surface area contributed by atoms with Gasteiger partial charge in [0.15, 0.2) is 0 Å². The Bertz CT molecular complexity index is 1950. The predicted molar refractivity (Wildman–Crippen MR) is 214 cm³/mol. The zero-order valence-electron chi connectivity index (χ0n) is 33.3. The van der Waals surface area contributed by atoms with Crippen molar-refractivity contribution in [3.63, 3.8) is 0 Å². The van der Waals surface area contributed by atoms with Crippen LogP contribution < -0.4 is 14.2 Å². The fourth-order valence-corrected chi connectivity index (χ4v) is 7.59. The van der Waals surface area contributed by atoms with Crippen LogP contribution in [0.3, 0.4) is 0 Å². The van der Waals surface area contributed by atoms with Crippen LogP contribution in [0.4, 0.5) is 4.79 Å². The van der Waals surface area contributed by atoms with Crippen molar-refractivity contribution in [2.45, 2.75) is 89.3 Å². The fourth-order valence-electron chi connectivity index (χ4n) is 6.29. The maximum atomic E-state index is 13.3. The molecule has 0 radical (unpaired) electrons. The van der Waals surface area contributed by atoms with Crippen molar-refractivity contribution >= 4 is 16.2 Å². The highest BCUT2D eigenvalue weighted by molar-refractivity contribution is 7.86. The van der Waals surface area contributed by atoms with E-state index < -0.39 is 27.9 Å². The van der Waals surface area contributed by atoms with Gasteiger partial charge >= 0.3 is 6.09 Å². The molecule has 2 unspecified atom stereocenters. The lowest BCUT2D eigenvalue weighted by atomic mass is 10.1. The summed E-state index contributed by atoms with van der Waals surface area (Å²) >= 11 is 0. The first kappa shape index (κ1) is 42.5. The average molecular weight is 790 g/mol. The van der Waals surface area contributed by atoms with Crippen molar-refractivity contribution < 1.29 is 45.8 Å². The number of piperidine rings is 1. The number of rotatable bonds is 18. The molecule has 0 spiro atoms. The number of aryl methyl sites for hydroxylation is 1. The topological polar surface area (TPSA) is 119 Å². The Morgan fingerprint density at radius 3 is 2.21 bits per heavy atom. The van der Waals surface area contributed by atoms with Crippen molar-refractivity contribution in [3.8, 4) is 17.2 Å². The zero-order valence-corrected chi connectivity index (χ0v) is 34.1. The lowest BCUT2D eigenvalue weighted by Crippen LogP contribution is -2.43. The summed E-state index contributed by atoms with van der Waals surface area (Å²) in [6, 6.07) is 29.5. The summed E-state index contributed by atoms with van der Waals surface area (Å²) in [4.78, 5) is 14.5. The number of nitrogens with zero attached hydrogens (tertiary/aromatic N) is 1. The second-order valence-corrected chi connectivity index (χ2v) is 16.3. The molecule has 1 amide bonds. The van der Waals surface area contributed by atoms with E-state index in [4.69, 9.17) is 32.6 Å². The quantitative estimate of drug-likeness (QED) is 0.0714. The Hall–Kier alpha value is -4.62. The van der Waals surface area contributed by atoms with Gasteiger partial charge < -0.3 is 33.3 Å². The molecule has 0 saturated carbocycles. The van der Waals surface area contributed by atoms with E-state index in [0.29, 0.717) is 74.8 Å². The Balaban J connectivity index is 1.24. The minimum Gasteiger partial charge on any atom is -0.496 e. The molecule has 11 nitrogen and oxygen atoms in total. The molecule has 2 atom stereocenters. The second-order valence-electron chi connectivity index (χ2n) is 14.7. The lowest BCUT2D eigenvalue weighted by Gasteiger charge is -2.34. The summed E-state index contributed by atoms with van der Waals surface area (Å²) in [5.74, 6) is 1.98. The van der Waals surface area contributed by atoms with Crippen LogP contribution in [-0.2, 0) is 35.1 Å². The Labute approximate surface area is 331 Å². The third kappa shape index (κ3) is 12.4. The number of likely N-dealkylation sites (tertiary alicyclic amines) is 1. The van der Waals surface area contributed by atoms with Gasteiger partial charge in [-0.15, -0.1) is 0 Å². The SMILES string of the molecule is COc1ccccc1COCCCOc1ccc(C(COC2CCN(C(=O)OC(C)(C)C)CC2)Oc2ccccc2C(C)OS(=O)(=O)c2ccccc2C)cc1. The van der Waals surface area contributed by atoms with Crippen LogP contribution in [-0.4, -0.2) is 71.1 Å². The second kappa shape index (κ2) is 20.0. The number of methoxy groups -OCH3 is 1. The van der Waals surface area contributed by atoms with Crippen molar-refractivity contribution in [3.05, 3.63) is 119 Å². The van der Waals surface area contributed by atoms with Gasteiger partial charge in [0, 0.05) is 30.6 Å². The third-order valence-corrected chi connectivity index (χ3v) is 10.8. The molecular formula is C44H55NO10S. The average Bonchev–Trinajstić information content (AvgIpc) is 3.18. The highest BCUT2D eigenvalue weighted by atomic mass is 32.2. The Morgan fingerprint density at radius 2 is 1.52 bits per heavy atom. The van der Waals surface area contributed by atoms with Crippen LogP contribution in [0.25, 0.3) is 0 Å². The van der Waals surface area contributed by atoms with Gasteiger partial charge in [0.05, 0.1) is 44.5 Å². The normalized spacial score (nSPS) is 14.9. The first-order valence-electron chi connectivity index (χ1n) is 19.1. The molecule has 5 rings (SSSR count). The van der Waals surface area contributed by atoms with Crippen LogP contribution >= 0.6 is 0 Å². The summed E-state index contributed by atoms with van der Waals surface area (Å²) in [6.45, 7) is 11.7. The molecular weight excluding hydrogens is 735 g/mol. The fraction of sp³-hybridized carbons (Fsp3) is 0.432. The van der Waals surface area contributed by atoms with E-state index in [-0.39, 0.29) is 23.7 Å². The van der Waals surface area contributed by atoms with Gasteiger partial charge in [-0.2, -0.15) is 8.42 Å². The molecule has 1 fully saturated rings. The van der Waals surface area contributed by atoms with Crippen LogP contribution in [0.5, 0.6) is 17.2 Å². The van der Waals surface area contributed by atoms with Crippen molar-refractivity contribution in [1.82, 2.24) is 4.90 Å². The molecule has 302 valence electrons. The molecule has 0 bridgehead atoms. The molecule has 4 aromatic rings. The van der Waals surface area contributed by atoms with E-state index in [1.165, 1.54) is 6.07 Å². The highest BCUT2D eigenvalue weighted by Gasteiger charge is 2.29. The van der Waals surface area contributed by atoms with Gasteiger partial charge in [-0.3, -0.25) is 4.18 Å². The first-order chi connectivity index (χ1) is 26.8. The predicted octanol–water partition coefficient (Wildman–Crippen LogP) is 8.99. The van der Waals surface area contributed by atoms with Gasteiger partial charge in [0.1, 0.15) is 35.1 Å². The molecule has 56 heavy (non-hydrogen) atoms. The molecule has 0 N–H and O–H groups in total. The number of amides is 1. The first-order valence-corrected chi connectivity index (χ1v) is 20.5. The summed E-state index contributed by atoms with van der Waals surface area (Å²) < 4.78 is 68.3. The molecule has 1 aliphatic heterocycles. The Kier molecular flexibility index (Phi) is 15.2. The van der Waals surface area contributed by atoms with Gasteiger partial charge in [-0.25, -0.2) is 4.79 Å². The molecule has 0 aromatic heterocycles. The van der Waals surface area contributed by atoms with E-state index in [0.717, 1.165) is 16.9 Å². The molecule has 4 aromatic carbocycles. The smallest absolute Gasteiger partial charge is 0.410 e. The summed E-state index contributed by atoms with van der Waals surface area (Å²) in [5.41, 5.74) is 2.46. The summed E-state index contributed by atoms with van der Waals surface area (Å²) in [6.07, 6.45) is 0.196. The van der Waals surface area contributed by atoms with Crippen LogP contribution in [0, 0.1) is 6.92 Å². The van der Waals surface area contributed by atoms with E-state index in [9.17, 15) is 13.2 Å². The van der Waals surface area contributed by atoms with E-state index >= 15 is 0 Å². The molecule has 12 heteroatoms. The number of benzene rings is 4. The van der Waals surface area contributed by atoms with Gasteiger partial charge in [0.2, 0.25) is 0 Å². The summed E-state index contributed by atoms with van der Waals surface area (Å²) in [7, 11) is -2.41. The number of ether oxygens (including phenoxy) is 6. The minimum absolute atomic E-state index is 0.0932. The monoisotopic (exact) mass is 789 g/mol. The molecule has 1 heterocycles. The maximum Gasteiger partial charge on any atom is 0.410 e. The maximum absolute atomic E-state index is 13.3. The van der Waals surface area contributed by atoms with E-state index in [1.807, 2.05) is 81.4 Å². The molecule has 1 aliphatic rings. The van der Waals surface area contributed by atoms with Crippen molar-refractivity contribution in [2.75, 3.05) is 40.0 Å². The third-order valence-electron chi connectivity index (χ3n) is 9.24. The lowest BCUT2D eigenvalue weighted by molar-refractivity contribution is -0.0350. The number of carbonyl (C=O) groups excluding carboxylic acids is 1. The van der Waals surface area contributed by atoms with Crippen LogP contribution in [0.2, 0.25) is 0 Å². The Morgan fingerprint density at radius 1 is 0.857 bits per heavy atom. The largest absolute Gasteiger partial charge is 0.496 e. The van der Waals surface area contributed by atoms with E-state index in [1.54, 1.807) is 56.2 Å². The molecule has 1 saturated heterocycles. The van der Waals surface area contributed by atoms with Crippen molar-refractivity contribution in [1.29, 1.82) is 0 Å². The summed E-state index contributed by atoms with van der Waals surface area (Å²) in [5, 5.41) is 0. The van der Waals surface area contributed by atoms with Crippen LogP contribution in [0.15, 0.2) is 102 Å². The number of hydrogen-bond donors (Lipinski definition) is 0. The number of carbonyl (C=O) groups is 1. The molecule has 0 aliphatic carbocycles. The van der Waals surface area contributed by atoms with E-state index in [2.05, 4.69) is 0 Å². The zero-order chi connectivity index (χ0) is 40.1. The standard InChI is InChI=1S/C44H55NO10S/c1-32-14-7-12-19-42(32)56(47,48)55-33(2)38-16-9-11-18-40(38)53-41(31-52-37-24-26-45(27-25-37)43(46)54-44(3,4)5)34-20-22-36(23-21-34)51-29-13-28-50-30-35-15-8-10-17-39(35)49-6/h7-12,14-23,33,37,41H,13,24-31H2,1-6H3.